The molecule has 1 fully saturated rings. The van der Waals surface area contributed by atoms with Crippen LogP contribution in [0.2, 0.25) is 0 Å². The predicted molar refractivity (Wildman–Crippen MR) is 130 cm³/mol. The maximum absolute atomic E-state index is 12.8. The second-order valence-corrected chi connectivity index (χ2v) is 9.27. The quantitative estimate of drug-likeness (QED) is 0.453. The van der Waals surface area contributed by atoms with Crippen molar-refractivity contribution in [3.63, 3.8) is 0 Å². The van der Waals surface area contributed by atoms with E-state index < -0.39 is 0 Å². The molecule has 3 aromatic rings. The summed E-state index contributed by atoms with van der Waals surface area (Å²) >= 11 is 1.66. The Morgan fingerprint density at radius 2 is 1.75 bits per heavy atom. The fourth-order valence-electron chi connectivity index (χ4n) is 4.11. The minimum absolute atomic E-state index is 0.0674. The van der Waals surface area contributed by atoms with Crippen LogP contribution in [0.4, 0.5) is 5.69 Å². The van der Waals surface area contributed by atoms with Gasteiger partial charge in [0.05, 0.1) is 23.8 Å². The van der Waals surface area contributed by atoms with E-state index in [1.54, 1.807) is 23.5 Å². The van der Waals surface area contributed by atoms with Crippen LogP contribution in [0.15, 0.2) is 66.0 Å². The van der Waals surface area contributed by atoms with Crippen molar-refractivity contribution >= 4 is 28.8 Å². The summed E-state index contributed by atoms with van der Waals surface area (Å²) in [5.41, 5.74) is 3.35. The smallest absolute Gasteiger partial charge is 0.253 e. The first kappa shape index (κ1) is 22.2. The van der Waals surface area contributed by atoms with Crippen LogP contribution in [-0.2, 0) is 4.79 Å². The average molecular weight is 448 g/mol. The Bertz CT molecular complexity index is 1040. The average Bonchev–Trinajstić information content (AvgIpc) is 3.50. The monoisotopic (exact) mass is 447 g/mol. The number of carbonyl (C=O) groups excluding carboxylic acids is 2. The van der Waals surface area contributed by atoms with Crippen molar-refractivity contribution in [2.45, 2.75) is 44.7 Å². The molecule has 0 bridgehead atoms. The van der Waals surface area contributed by atoms with E-state index >= 15 is 0 Å². The lowest BCUT2D eigenvalue weighted by molar-refractivity contribution is -0.115. The fraction of sp³-hybridized carbons (Fsp3) is 0.308. The molecule has 0 radical (unpaired) electrons. The minimum atomic E-state index is -0.181. The van der Waals surface area contributed by atoms with E-state index in [2.05, 4.69) is 53.2 Å². The first-order valence-electron chi connectivity index (χ1n) is 11.1. The molecule has 2 aromatic carbocycles. The second-order valence-electron chi connectivity index (χ2n) is 8.29. The van der Waals surface area contributed by atoms with Gasteiger partial charge in [-0.15, -0.1) is 11.3 Å². The zero-order valence-corrected chi connectivity index (χ0v) is 19.1. The highest BCUT2D eigenvalue weighted by Crippen LogP contribution is 2.26. The van der Waals surface area contributed by atoms with Crippen LogP contribution in [0.1, 0.15) is 58.1 Å². The molecular formula is C26H29N3O2S. The molecule has 1 atom stereocenters. The standard InChI is InChI=1S/C26H29N3O2S/c1-18-12-14-19(15-13-18)25(23-11-6-16-32-23)27-17-24(30)29-22-10-5-4-9-21(22)26(31)28-20-7-2-3-8-20/h4-6,9-16,20,25,27H,2-3,7-8,17H2,1H3,(H,28,31)(H,29,30). The Labute approximate surface area is 193 Å². The Balaban J connectivity index is 1.42. The number of thiophene rings is 1. The summed E-state index contributed by atoms with van der Waals surface area (Å²) in [6.45, 7) is 2.19. The van der Waals surface area contributed by atoms with Crippen molar-refractivity contribution < 1.29 is 9.59 Å². The van der Waals surface area contributed by atoms with Crippen LogP contribution in [0.5, 0.6) is 0 Å². The molecular weight excluding hydrogens is 418 g/mol. The SMILES string of the molecule is Cc1ccc(C(NCC(=O)Nc2ccccc2C(=O)NC2CCCC2)c2cccs2)cc1. The number of para-hydroxylation sites is 1. The molecule has 0 aliphatic heterocycles. The maximum Gasteiger partial charge on any atom is 0.253 e. The molecule has 1 aliphatic rings. The number of nitrogens with one attached hydrogen (secondary N) is 3. The van der Waals surface area contributed by atoms with Crippen LogP contribution in [0, 0.1) is 6.92 Å². The lowest BCUT2D eigenvalue weighted by atomic mass is 10.0. The van der Waals surface area contributed by atoms with E-state index in [1.807, 2.05) is 23.6 Å². The fourth-order valence-corrected chi connectivity index (χ4v) is 4.94. The first-order chi connectivity index (χ1) is 15.6. The molecule has 6 heteroatoms. The molecule has 1 unspecified atom stereocenters. The molecule has 3 N–H and O–H groups in total. The van der Waals surface area contributed by atoms with Crippen LogP contribution in [-0.4, -0.2) is 24.4 Å². The van der Waals surface area contributed by atoms with Crippen molar-refractivity contribution in [2.24, 2.45) is 0 Å². The van der Waals surface area contributed by atoms with Gasteiger partial charge in [-0.3, -0.25) is 14.9 Å². The van der Waals surface area contributed by atoms with Gasteiger partial charge in [0.25, 0.3) is 5.91 Å². The summed E-state index contributed by atoms with van der Waals surface area (Å²) in [7, 11) is 0. The van der Waals surface area contributed by atoms with Crippen LogP contribution in [0.3, 0.4) is 0 Å². The Morgan fingerprint density at radius 3 is 2.47 bits per heavy atom. The van der Waals surface area contributed by atoms with Crippen LogP contribution >= 0.6 is 11.3 Å². The summed E-state index contributed by atoms with van der Waals surface area (Å²) in [5.74, 6) is -0.309. The molecule has 1 aromatic heterocycles. The van der Waals surface area contributed by atoms with E-state index in [0.717, 1.165) is 36.1 Å². The number of amides is 2. The van der Waals surface area contributed by atoms with Gasteiger partial charge in [-0.2, -0.15) is 0 Å². The van der Waals surface area contributed by atoms with E-state index in [9.17, 15) is 9.59 Å². The molecule has 1 saturated carbocycles. The van der Waals surface area contributed by atoms with Crippen molar-refractivity contribution in [2.75, 3.05) is 11.9 Å². The van der Waals surface area contributed by atoms with E-state index in [4.69, 9.17) is 0 Å². The molecule has 32 heavy (non-hydrogen) atoms. The van der Waals surface area contributed by atoms with Crippen molar-refractivity contribution in [1.29, 1.82) is 0 Å². The van der Waals surface area contributed by atoms with Gasteiger partial charge in [0.15, 0.2) is 0 Å². The normalized spacial score (nSPS) is 14.8. The third-order valence-electron chi connectivity index (χ3n) is 5.84. The van der Waals surface area contributed by atoms with Crippen molar-refractivity contribution in [3.05, 3.63) is 87.6 Å². The molecule has 5 nitrogen and oxygen atoms in total. The lowest BCUT2D eigenvalue weighted by Gasteiger charge is -2.19. The summed E-state index contributed by atoms with van der Waals surface area (Å²) in [5, 5.41) is 11.4. The van der Waals surface area contributed by atoms with Crippen LogP contribution in [0.25, 0.3) is 0 Å². The zero-order chi connectivity index (χ0) is 22.3. The minimum Gasteiger partial charge on any atom is -0.349 e. The summed E-state index contributed by atoms with van der Waals surface area (Å²) in [6.07, 6.45) is 4.35. The van der Waals surface area contributed by atoms with Gasteiger partial charge in [-0.05, 0) is 48.9 Å². The van der Waals surface area contributed by atoms with Gasteiger partial charge < -0.3 is 10.6 Å². The van der Waals surface area contributed by atoms with Gasteiger partial charge in [0.1, 0.15) is 0 Å². The summed E-state index contributed by atoms with van der Waals surface area (Å²) in [4.78, 5) is 26.7. The number of hydrogen-bond acceptors (Lipinski definition) is 4. The highest BCUT2D eigenvalue weighted by Gasteiger charge is 2.21. The predicted octanol–water partition coefficient (Wildman–Crippen LogP) is 5.05. The number of anilines is 1. The van der Waals surface area contributed by atoms with E-state index in [0.29, 0.717) is 11.3 Å². The number of benzene rings is 2. The summed E-state index contributed by atoms with van der Waals surface area (Å²) in [6, 6.07) is 19.8. The topological polar surface area (TPSA) is 70.2 Å². The molecule has 1 aliphatic carbocycles. The molecule has 0 spiro atoms. The highest BCUT2D eigenvalue weighted by molar-refractivity contribution is 7.10. The third kappa shape index (κ3) is 5.64. The lowest BCUT2D eigenvalue weighted by Crippen LogP contribution is -2.34. The highest BCUT2D eigenvalue weighted by atomic mass is 32.1. The number of rotatable bonds is 8. The Hall–Kier alpha value is -2.96. The second kappa shape index (κ2) is 10.6. The molecule has 166 valence electrons. The molecule has 4 rings (SSSR count). The Morgan fingerprint density at radius 1 is 1.00 bits per heavy atom. The van der Waals surface area contributed by atoms with Gasteiger partial charge >= 0.3 is 0 Å². The Kier molecular flexibility index (Phi) is 7.35. The molecule has 0 saturated heterocycles. The first-order valence-corrected chi connectivity index (χ1v) is 12.0. The number of hydrogen-bond donors (Lipinski definition) is 3. The van der Waals surface area contributed by atoms with Gasteiger partial charge in [-0.25, -0.2) is 0 Å². The van der Waals surface area contributed by atoms with E-state index in [-0.39, 0.29) is 30.4 Å². The van der Waals surface area contributed by atoms with Gasteiger partial charge in [0, 0.05) is 10.9 Å². The third-order valence-corrected chi connectivity index (χ3v) is 6.78. The maximum atomic E-state index is 12.8. The van der Waals surface area contributed by atoms with Gasteiger partial charge in [-0.1, -0.05) is 60.9 Å². The van der Waals surface area contributed by atoms with E-state index in [1.165, 1.54) is 5.56 Å². The largest absolute Gasteiger partial charge is 0.349 e. The van der Waals surface area contributed by atoms with Gasteiger partial charge in [0.2, 0.25) is 5.91 Å². The molecule has 2 amide bonds. The summed E-state index contributed by atoms with van der Waals surface area (Å²) < 4.78 is 0. The van der Waals surface area contributed by atoms with Crippen molar-refractivity contribution in [1.82, 2.24) is 10.6 Å². The molecule has 1 heterocycles. The van der Waals surface area contributed by atoms with Crippen molar-refractivity contribution in [3.8, 4) is 0 Å². The number of aryl methyl sites for hydroxylation is 1. The van der Waals surface area contributed by atoms with Crippen LogP contribution < -0.4 is 16.0 Å². The number of carbonyl (C=O) groups is 2. The zero-order valence-electron chi connectivity index (χ0n) is 18.3.